The highest BCUT2D eigenvalue weighted by atomic mass is 32.2. The molecule has 0 atom stereocenters. The molecule has 1 aromatic heterocycles. The number of rotatable bonds is 4. The third-order valence-electron chi connectivity index (χ3n) is 3.94. The van der Waals surface area contributed by atoms with E-state index >= 15 is 0 Å². The minimum Gasteiger partial charge on any atom is -0.355 e. The summed E-state index contributed by atoms with van der Waals surface area (Å²) in [5.41, 5.74) is 3.76. The molecule has 1 N–H and O–H groups in total. The summed E-state index contributed by atoms with van der Waals surface area (Å²) >= 11 is 1.78. The van der Waals surface area contributed by atoms with Gasteiger partial charge in [0.25, 0.3) is 0 Å². The fourth-order valence-electron chi connectivity index (χ4n) is 2.90. The van der Waals surface area contributed by atoms with Crippen molar-refractivity contribution in [1.29, 1.82) is 0 Å². The molecule has 0 bridgehead atoms. The number of anilines is 1. The van der Waals surface area contributed by atoms with Gasteiger partial charge in [-0.25, -0.2) is 9.97 Å². The summed E-state index contributed by atoms with van der Waals surface area (Å²) in [6.45, 7) is 4.69. The van der Waals surface area contributed by atoms with Crippen LogP contribution >= 0.6 is 11.8 Å². The van der Waals surface area contributed by atoms with Gasteiger partial charge in [0.15, 0.2) is 0 Å². The number of benzene rings is 1. The number of hydrogen-bond acceptors (Lipinski definition) is 5. The number of nitrogens with zero attached hydrogens (tertiary/aromatic N) is 3. The maximum atomic E-state index is 4.71. The van der Waals surface area contributed by atoms with Gasteiger partial charge in [0.05, 0.1) is 5.69 Å². The number of aryl methyl sites for hydroxylation is 1. The van der Waals surface area contributed by atoms with Crippen LogP contribution in [0.2, 0.25) is 0 Å². The molecule has 0 saturated heterocycles. The Morgan fingerprint density at radius 1 is 1.32 bits per heavy atom. The minimum atomic E-state index is 0.849. The molecule has 2 heterocycles. The lowest BCUT2D eigenvalue weighted by molar-refractivity contribution is 0.617. The van der Waals surface area contributed by atoms with Gasteiger partial charge in [0.2, 0.25) is 0 Å². The molecule has 4 nitrogen and oxygen atoms in total. The summed E-state index contributed by atoms with van der Waals surface area (Å²) < 4.78 is 0. The zero-order valence-electron chi connectivity index (χ0n) is 13.4. The van der Waals surface area contributed by atoms with Crippen molar-refractivity contribution in [3.05, 3.63) is 46.9 Å². The minimum absolute atomic E-state index is 0.849. The van der Waals surface area contributed by atoms with Crippen LogP contribution in [0.5, 0.6) is 0 Å². The summed E-state index contributed by atoms with van der Waals surface area (Å²) in [4.78, 5) is 12.8. The number of thioether (sulfide) groups is 1. The maximum absolute atomic E-state index is 4.71. The van der Waals surface area contributed by atoms with E-state index in [1.807, 2.05) is 6.92 Å². The first-order valence-corrected chi connectivity index (χ1v) is 8.81. The molecule has 0 fully saturated rings. The summed E-state index contributed by atoms with van der Waals surface area (Å²) in [5, 5.41) is 3.39. The SMILES string of the molecule is CSc1cccc(CN(C)c2nc(C)nc3c2CCNC3)c1. The Kier molecular flexibility index (Phi) is 4.64. The normalized spacial score (nSPS) is 13.8. The predicted octanol–water partition coefficient (Wildman–Crippen LogP) is 2.79. The van der Waals surface area contributed by atoms with Gasteiger partial charge in [-0.1, -0.05) is 12.1 Å². The van der Waals surface area contributed by atoms with Gasteiger partial charge >= 0.3 is 0 Å². The summed E-state index contributed by atoms with van der Waals surface area (Å²) in [7, 11) is 2.12. The topological polar surface area (TPSA) is 41.1 Å². The van der Waals surface area contributed by atoms with Crippen LogP contribution in [0, 0.1) is 6.92 Å². The Morgan fingerprint density at radius 3 is 3.00 bits per heavy atom. The fraction of sp³-hybridized carbons (Fsp3) is 0.412. The molecular weight excluding hydrogens is 292 g/mol. The van der Waals surface area contributed by atoms with Gasteiger partial charge < -0.3 is 10.2 Å². The zero-order valence-corrected chi connectivity index (χ0v) is 14.2. The van der Waals surface area contributed by atoms with E-state index in [4.69, 9.17) is 4.98 Å². The van der Waals surface area contributed by atoms with Crippen LogP contribution in [0.4, 0.5) is 5.82 Å². The van der Waals surface area contributed by atoms with E-state index in [0.717, 1.165) is 43.4 Å². The molecule has 5 heteroatoms. The predicted molar refractivity (Wildman–Crippen MR) is 92.5 cm³/mol. The zero-order chi connectivity index (χ0) is 15.5. The number of fused-ring (bicyclic) bond motifs is 1. The second kappa shape index (κ2) is 6.67. The Bertz CT molecular complexity index is 672. The molecule has 0 spiro atoms. The van der Waals surface area contributed by atoms with Crippen LogP contribution in [-0.4, -0.2) is 29.8 Å². The van der Waals surface area contributed by atoms with Crippen molar-refractivity contribution < 1.29 is 0 Å². The standard InChI is InChI=1S/C17H22N4S/c1-12-19-16-10-18-8-7-15(16)17(20-12)21(2)11-13-5-4-6-14(9-13)22-3/h4-6,9,18H,7-8,10-11H2,1-3H3. The van der Waals surface area contributed by atoms with Crippen LogP contribution < -0.4 is 10.2 Å². The van der Waals surface area contributed by atoms with Crippen molar-refractivity contribution in [1.82, 2.24) is 15.3 Å². The number of hydrogen-bond donors (Lipinski definition) is 1. The molecule has 0 saturated carbocycles. The molecule has 1 aromatic carbocycles. The van der Waals surface area contributed by atoms with E-state index in [0.29, 0.717) is 0 Å². The molecule has 3 rings (SSSR count). The van der Waals surface area contributed by atoms with Crippen molar-refractivity contribution in [3.63, 3.8) is 0 Å². The third kappa shape index (κ3) is 3.25. The van der Waals surface area contributed by atoms with Crippen LogP contribution in [0.1, 0.15) is 22.6 Å². The molecular formula is C17H22N4S. The fourth-order valence-corrected chi connectivity index (χ4v) is 3.38. The van der Waals surface area contributed by atoms with Gasteiger partial charge in [0, 0.05) is 30.6 Å². The lowest BCUT2D eigenvalue weighted by Gasteiger charge is -2.26. The van der Waals surface area contributed by atoms with Crippen molar-refractivity contribution in [2.75, 3.05) is 24.7 Å². The summed E-state index contributed by atoms with van der Waals surface area (Å²) in [6, 6.07) is 8.71. The lowest BCUT2D eigenvalue weighted by atomic mass is 10.1. The summed E-state index contributed by atoms with van der Waals surface area (Å²) in [6.07, 6.45) is 3.11. The van der Waals surface area contributed by atoms with Gasteiger partial charge in [-0.2, -0.15) is 0 Å². The molecule has 1 aliphatic heterocycles. The van der Waals surface area contributed by atoms with Crippen LogP contribution in [0.3, 0.4) is 0 Å². The molecule has 0 aliphatic carbocycles. The van der Waals surface area contributed by atoms with Crippen LogP contribution in [-0.2, 0) is 19.5 Å². The Labute approximate surface area is 136 Å². The third-order valence-corrected chi connectivity index (χ3v) is 4.67. The van der Waals surface area contributed by atoms with Crippen molar-refractivity contribution in [3.8, 4) is 0 Å². The first kappa shape index (κ1) is 15.3. The lowest BCUT2D eigenvalue weighted by Crippen LogP contribution is -2.29. The van der Waals surface area contributed by atoms with Gasteiger partial charge in [-0.15, -0.1) is 11.8 Å². The second-order valence-electron chi connectivity index (χ2n) is 5.65. The van der Waals surface area contributed by atoms with E-state index in [2.05, 4.69) is 52.8 Å². The molecule has 116 valence electrons. The number of nitrogens with one attached hydrogen (secondary N) is 1. The molecule has 2 aromatic rings. The smallest absolute Gasteiger partial charge is 0.135 e. The van der Waals surface area contributed by atoms with Gasteiger partial charge in [-0.3, -0.25) is 0 Å². The Morgan fingerprint density at radius 2 is 2.18 bits per heavy atom. The van der Waals surface area contributed by atoms with Crippen LogP contribution in [0.25, 0.3) is 0 Å². The van der Waals surface area contributed by atoms with E-state index in [1.54, 1.807) is 11.8 Å². The monoisotopic (exact) mass is 314 g/mol. The Balaban J connectivity index is 1.88. The van der Waals surface area contributed by atoms with E-state index in [9.17, 15) is 0 Å². The molecule has 0 amide bonds. The number of aromatic nitrogens is 2. The highest BCUT2D eigenvalue weighted by Crippen LogP contribution is 2.25. The van der Waals surface area contributed by atoms with Crippen molar-refractivity contribution >= 4 is 17.6 Å². The van der Waals surface area contributed by atoms with Gasteiger partial charge in [-0.05, 0) is 43.8 Å². The average molecular weight is 314 g/mol. The highest BCUT2D eigenvalue weighted by molar-refractivity contribution is 7.98. The van der Waals surface area contributed by atoms with Crippen molar-refractivity contribution in [2.24, 2.45) is 0 Å². The molecule has 0 radical (unpaired) electrons. The molecule has 22 heavy (non-hydrogen) atoms. The maximum Gasteiger partial charge on any atom is 0.135 e. The highest BCUT2D eigenvalue weighted by Gasteiger charge is 2.19. The van der Waals surface area contributed by atoms with E-state index in [-0.39, 0.29) is 0 Å². The quantitative estimate of drug-likeness (QED) is 0.879. The second-order valence-corrected chi connectivity index (χ2v) is 6.53. The Hall–Kier alpha value is -1.59. The van der Waals surface area contributed by atoms with Crippen LogP contribution in [0.15, 0.2) is 29.2 Å². The van der Waals surface area contributed by atoms with Gasteiger partial charge in [0.1, 0.15) is 11.6 Å². The first-order valence-electron chi connectivity index (χ1n) is 7.58. The molecule has 0 unspecified atom stereocenters. The van der Waals surface area contributed by atoms with Crippen molar-refractivity contribution in [2.45, 2.75) is 31.3 Å². The van der Waals surface area contributed by atoms with E-state index < -0.39 is 0 Å². The average Bonchev–Trinajstić information content (AvgIpc) is 2.54. The van der Waals surface area contributed by atoms with E-state index in [1.165, 1.54) is 16.0 Å². The summed E-state index contributed by atoms with van der Waals surface area (Å²) in [5.74, 6) is 1.93. The first-order chi connectivity index (χ1) is 10.7. The largest absolute Gasteiger partial charge is 0.355 e. The molecule has 1 aliphatic rings.